The number of methoxy groups -OCH3 is 2. The van der Waals surface area contributed by atoms with Gasteiger partial charge in [-0.15, -0.1) is 0 Å². The molecule has 0 aliphatic heterocycles. The van der Waals surface area contributed by atoms with E-state index in [1.807, 2.05) is 0 Å². The third-order valence-corrected chi connectivity index (χ3v) is 5.79. The molecule has 0 saturated carbocycles. The Labute approximate surface area is 178 Å². The fourth-order valence-electron chi connectivity index (χ4n) is 2.68. The highest BCUT2D eigenvalue weighted by Crippen LogP contribution is 2.43. The molecule has 2 aromatic heterocycles. The Morgan fingerprint density at radius 3 is 2.73 bits per heavy atom. The minimum Gasteiger partial charge on any atom is -0.495 e. The van der Waals surface area contributed by atoms with Crippen LogP contribution in [0.4, 0.5) is 5.95 Å². The minimum absolute atomic E-state index is 0.0238. The van der Waals surface area contributed by atoms with Crippen LogP contribution in [0.1, 0.15) is 5.56 Å². The molecule has 0 radical (unpaired) electrons. The summed E-state index contributed by atoms with van der Waals surface area (Å²) in [6.07, 6.45) is 1.57. The number of ether oxygens (including phenoxy) is 3. The van der Waals surface area contributed by atoms with E-state index in [2.05, 4.69) is 15.0 Å². The first kappa shape index (κ1) is 22.3. The van der Waals surface area contributed by atoms with Gasteiger partial charge in [-0.1, -0.05) is 17.7 Å². The number of rotatable bonds is 10. The largest absolute Gasteiger partial charge is 0.495 e. The average Bonchev–Trinajstić information content (AvgIpc) is 3.12. The van der Waals surface area contributed by atoms with Gasteiger partial charge >= 0.3 is 0 Å². The molecule has 1 atom stereocenters. The fourth-order valence-corrected chi connectivity index (χ4v) is 3.92. The molecule has 0 fully saturated rings. The van der Waals surface area contributed by atoms with Crippen LogP contribution in [0.15, 0.2) is 24.5 Å². The molecule has 0 saturated heterocycles. The normalized spacial score (nSPS) is 13.3. The number of hydrogen-bond donors (Lipinski definition) is 1. The molecule has 2 N–H and O–H groups in total. The Kier molecular flexibility index (Phi) is 7.14. The molecule has 30 heavy (non-hydrogen) atoms. The fraction of sp³-hybridized carbons (Fsp3) is 0.389. The molecule has 2 heterocycles. The van der Waals surface area contributed by atoms with Gasteiger partial charge in [0.15, 0.2) is 11.2 Å². The van der Waals surface area contributed by atoms with Gasteiger partial charge in [-0.05, 0) is 17.7 Å². The van der Waals surface area contributed by atoms with E-state index in [-0.39, 0.29) is 25.5 Å². The lowest BCUT2D eigenvalue weighted by Gasteiger charge is -2.15. The summed E-state index contributed by atoms with van der Waals surface area (Å²) in [5.41, 5.74) is 7.54. The van der Waals surface area contributed by atoms with Gasteiger partial charge in [0.25, 0.3) is 0 Å². The van der Waals surface area contributed by atoms with Crippen molar-refractivity contribution in [3.8, 4) is 11.6 Å². The number of hydrogen-bond acceptors (Lipinski definition) is 9. The van der Waals surface area contributed by atoms with Crippen LogP contribution in [0, 0.1) is 0 Å². The van der Waals surface area contributed by atoms with Crippen LogP contribution in [0.3, 0.4) is 0 Å². The van der Waals surface area contributed by atoms with E-state index in [1.54, 1.807) is 36.2 Å². The molecule has 162 valence electrons. The Hall–Kier alpha value is -2.39. The first-order valence-corrected chi connectivity index (χ1v) is 11.6. The van der Waals surface area contributed by atoms with E-state index in [4.69, 9.17) is 36.1 Å². The van der Waals surface area contributed by atoms with Crippen molar-refractivity contribution in [1.82, 2.24) is 19.5 Å². The molecule has 3 rings (SSSR count). The van der Waals surface area contributed by atoms with Crippen molar-refractivity contribution in [2.45, 2.75) is 13.2 Å². The maximum Gasteiger partial charge on any atom is 0.246 e. The predicted molar refractivity (Wildman–Crippen MR) is 113 cm³/mol. The van der Waals surface area contributed by atoms with Crippen LogP contribution >= 0.6 is 19.0 Å². The molecule has 0 spiro atoms. The monoisotopic (exact) mass is 455 g/mol. The van der Waals surface area contributed by atoms with Gasteiger partial charge in [0, 0.05) is 13.2 Å². The second-order valence-electron chi connectivity index (χ2n) is 6.50. The molecule has 3 aromatic rings. The summed E-state index contributed by atoms with van der Waals surface area (Å²) in [6.45, 7) is 2.41. The second kappa shape index (κ2) is 9.61. The van der Waals surface area contributed by atoms with Crippen LogP contribution in [0.2, 0.25) is 5.02 Å². The molecular weight excluding hydrogens is 433 g/mol. The maximum atomic E-state index is 12.6. The standard InChI is InChI=1S/C18H23ClN5O5P/c1-26-14-5-4-12(8-13(14)19)9-29-30(3,25)11-28-7-6-24-10-21-15-16(24)22-18(20)23-17(15)27-2/h4-5,8,10H,6-7,9,11H2,1-3H3,(H2,20,22,23). The topological polar surface area (TPSA) is 124 Å². The van der Waals surface area contributed by atoms with Gasteiger partial charge in [0.1, 0.15) is 12.1 Å². The Balaban J connectivity index is 1.51. The summed E-state index contributed by atoms with van der Waals surface area (Å²) in [4.78, 5) is 12.4. The number of nitrogens with two attached hydrogens (primary N) is 1. The van der Waals surface area contributed by atoms with Crippen LogP contribution < -0.4 is 15.2 Å². The number of aromatic nitrogens is 4. The quantitative estimate of drug-likeness (QED) is 0.362. The lowest BCUT2D eigenvalue weighted by atomic mass is 10.2. The number of nitrogens with zero attached hydrogens (tertiary/aromatic N) is 4. The van der Waals surface area contributed by atoms with E-state index in [1.165, 1.54) is 13.8 Å². The number of halogens is 1. The molecule has 0 aliphatic carbocycles. The first-order chi connectivity index (χ1) is 14.3. The highest BCUT2D eigenvalue weighted by Gasteiger charge is 2.18. The summed E-state index contributed by atoms with van der Waals surface area (Å²) >= 11 is 6.09. The predicted octanol–water partition coefficient (Wildman–Crippen LogP) is 3.18. The number of nitrogen functional groups attached to an aromatic ring is 1. The number of imidazole rings is 1. The molecule has 1 unspecified atom stereocenters. The molecule has 0 bridgehead atoms. The average molecular weight is 456 g/mol. The Bertz CT molecular complexity index is 1080. The van der Waals surface area contributed by atoms with E-state index < -0.39 is 7.37 Å². The summed E-state index contributed by atoms with van der Waals surface area (Å²) in [6, 6.07) is 5.25. The van der Waals surface area contributed by atoms with Crippen LogP contribution in [-0.2, 0) is 27.0 Å². The second-order valence-corrected chi connectivity index (χ2v) is 9.45. The van der Waals surface area contributed by atoms with Gasteiger partial charge in [0.2, 0.25) is 19.2 Å². The summed E-state index contributed by atoms with van der Waals surface area (Å²) < 4.78 is 35.8. The van der Waals surface area contributed by atoms with Gasteiger partial charge < -0.3 is 29.0 Å². The molecule has 1 aromatic carbocycles. The van der Waals surface area contributed by atoms with Crippen LogP contribution in [0.5, 0.6) is 11.6 Å². The lowest BCUT2D eigenvalue weighted by Crippen LogP contribution is -2.08. The third kappa shape index (κ3) is 5.40. The first-order valence-electron chi connectivity index (χ1n) is 8.96. The van der Waals surface area contributed by atoms with Crippen molar-refractivity contribution >= 4 is 36.1 Å². The number of anilines is 1. The van der Waals surface area contributed by atoms with Gasteiger partial charge in [-0.25, -0.2) is 4.98 Å². The van der Waals surface area contributed by atoms with Crippen molar-refractivity contribution in [1.29, 1.82) is 0 Å². The smallest absolute Gasteiger partial charge is 0.246 e. The van der Waals surface area contributed by atoms with Gasteiger partial charge in [-0.2, -0.15) is 9.97 Å². The summed E-state index contributed by atoms with van der Waals surface area (Å²) in [5.74, 6) is 0.967. The summed E-state index contributed by atoms with van der Waals surface area (Å²) in [5, 5.41) is 0.467. The van der Waals surface area contributed by atoms with Crippen LogP contribution in [-0.4, -0.2) is 53.4 Å². The number of fused-ring (bicyclic) bond motifs is 1. The van der Waals surface area contributed by atoms with Crippen molar-refractivity contribution in [2.75, 3.05) is 39.6 Å². The molecule has 0 amide bonds. The SMILES string of the molecule is COc1ccc(COP(C)(=O)COCCn2cnc3c(OC)nc(N)nc32)cc1Cl. The molecule has 10 nitrogen and oxygen atoms in total. The third-order valence-electron chi connectivity index (χ3n) is 4.17. The van der Waals surface area contributed by atoms with Crippen molar-refractivity contribution in [3.63, 3.8) is 0 Å². The maximum absolute atomic E-state index is 12.6. The molecule has 0 aliphatic rings. The zero-order valence-electron chi connectivity index (χ0n) is 16.9. The Morgan fingerprint density at radius 2 is 2.03 bits per heavy atom. The van der Waals surface area contributed by atoms with Gasteiger partial charge in [0.05, 0.1) is 38.8 Å². The van der Waals surface area contributed by atoms with E-state index in [0.717, 1.165) is 5.56 Å². The minimum atomic E-state index is -2.95. The molecular formula is C18H23ClN5O5P. The van der Waals surface area contributed by atoms with Crippen molar-refractivity contribution in [3.05, 3.63) is 35.1 Å². The van der Waals surface area contributed by atoms with E-state index in [9.17, 15) is 4.57 Å². The highest BCUT2D eigenvalue weighted by atomic mass is 35.5. The van der Waals surface area contributed by atoms with Crippen molar-refractivity contribution < 1.29 is 23.3 Å². The van der Waals surface area contributed by atoms with E-state index >= 15 is 0 Å². The van der Waals surface area contributed by atoms with Gasteiger partial charge in [-0.3, -0.25) is 4.57 Å². The van der Waals surface area contributed by atoms with E-state index in [0.29, 0.717) is 34.4 Å². The van der Waals surface area contributed by atoms with Crippen molar-refractivity contribution in [2.24, 2.45) is 0 Å². The zero-order chi connectivity index (χ0) is 21.7. The van der Waals surface area contributed by atoms with Crippen LogP contribution in [0.25, 0.3) is 11.2 Å². The zero-order valence-corrected chi connectivity index (χ0v) is 18.5. The lowest BCUT2D eigenvalue weighted by molar-refractivity contribution is 0.153. The Morgan fingerprint density at radius 1 is 1.23 bits per heavy atom. The summed E-state index contributed by atoms with van der Waals surface area (Å²) in [7, 11) is 0.0756. The number of benzene rings is 1. The highest BCUT2D eigenvalue weighted by molar-refractivity contribution is 7.57. The molecule has 12 heteroatoms.